The Balaban J connectivity index is 2.20. The van der Waals surface area contributed by atoms with E-state index in [2.05, 4.69) is 36.1 Å². The summed E-state index contributed by atoms with van der Waals surface area (Å²) < 4.78 is 0.956. The number of nitrogens with one attached hydrogen (secondary N) is 2. The van der Waals surface area contributed by atoms with Gasteiger partial charge in [0, 0.05) is 6.54 Å². The number of aromatic amines is 1. The van der Waals surface area contributed by atoms with E-state index in [9.17, 15) is 0 Å². The fourth-order valence-corrected chi connectivity index (χ4v) is 2.99. The molecule has 0 aliphatic carbocycles. The van der Waals surface area contributed by atoms with E-state index in [1.807, 2.05) is 14.0 Å². The lowest BCUT2D eigenvalue weighted by atomic mass is 10.2. The highest BCUT2D eigenvalue weighted by molar-refractivity contribution is 9.10. The van der Waals surface area contributed by atoms with E-state index in [0.717, 1.165) is 17.0 Å². The molecule has 2 N–H and O–H groups in total. The molecule has 0 spiro atoms. The quantitative estimate of drug-likeness (QED) is 0.888. The monoisotopic (exact) mass is 286 g/mol. The molecule has 0 aromatic carbocycles. The number of H-pyrrole nitrogens is 1. The Labute approximate surface area is 105 Å². The molecule has 1 aromatic heterocycles. The summed E-state index contributed by atoms with van der Waals surface area (Å²) in [5, 5.41) is 3.27. The molecular weight excluding hydrogens is 268 g/mol. The van der Waals surface area contributed by atoms with Crippen LogP contribution >= 0.6 is 15.9 Å². The van der Waals surface area contributed by atoms with Gasteiger partial charge in [0.2, 0.25) is 0 Å². The average Bonchev–Trinajstić information content (AvgIpc) is 2.85. The van der Waals surface area contributed by atoms with Crippen molar-refractivity contribution in [1.82, 2.24) is 20.2 Å². The Morgan fingerprint density at radius 3 is 2.69 bits per heavy atom. The number of rotatable bonds is 4. The first-order valence-electron chi connectivity index (χ1n) is 5.83. The van der Waals surface area contributed by atoms with Gasteiger partial charge in [0.25, 0.3) is 0 Å². The van der Waals surface area contributed by atoms with Crippen molar-refractivity contribution in [3.63, 3.8) is 0 Å². The Kier molecular flexibility index (Phi) is 4.00. The van der Waals surface area contributed by atoms with Gasteiger partial charge in [-0.05, 0) is 55.8 Å². The predicted octanol–water partition coefficient (Wildman–Crippen LogP) is 1.84. The second kappa shape index (κ2) is 5.29. The Hall–Kier alpha value is -0.390. The molecule has 1 fully saturated rings. The smallest absolute Gasteiger partial charge is 0.129 e. The van der Waals surface area contributed by atoms with Crippen LogP contribution in [0, 0.1) is 6.92 Å². The topological polar surface area (TPSA) is 44.0 Å². The van der Waals surface area contributed by atoms with E-state index < -0.39 is 0 Å². The Morgan fingerprint density at radius 2 is 2.19 bits per heavy atom. The van der Waals surface area contributed by atoms with Crippen LogP contribution in [0.1, 0.15) is 30.4 Å². The first-order valence-corrected chi connectivity index (χ1v) is 6.62. The molecule has 1 unspecified atom stereocenters. The molecule has 2 rings (SSSR count). The van der Waals surface area contributed by atoms with Crippen LogP contribution in [0.25, 0.3) is 0 Å². The maximum atomic E-state index is 4.39. The molecule has 2 heterocycles. The highest BCUT2D eigenvalue weighted by Gasteiger charge is 2.26. The van der Waals surface area contributed by atoms with Crippen LogP contribution in [0.5, 0.6) is 0 Å². The molecule has 1 aromatic rings. The van der Waals surface area contributed by atoms with Crippen molar-refractivity contribution >= 4 is 15.9 Å². The summed E-state index contributed by atoms with van der Waals surface area (Å²) in [7, 11) is 2.00. The van der Waals surface area contributed by atoms with Gasteiger partial charge in [0.05, 0.1) is 11.7 Å². The van der Waals surface area contributed by atoms with Crippen LogP contribution in [0.15, 0.2) is 4.60 Å². The molecule has 0 saturated carbocycles. The van der Waals surface area contributed by atoms with E-state index in [1.165, 1.54) is 31.6 Å². The normalized spacial score (nSPS) is 19.2. The number of likely N-dealkylation sites (tertiary alicyclic amines) is 1. The third kappa shape index (κ3) is 2.47. The van der Waals surface area contributed by atoms with Crippen LogP contribution in [0.2, 0.25) is 0 Å². The van der Waals surface area contributed by atoms with Gasteiger partial charge < -0.3 is 10.3 Å². The Morgan fingerprint density at radius 1 is 1.50 bits per heavy atom. The van der Waals surface area contributed by atoms with Gasteiger partial charge in [-0.15, -0.1) is 0 Å². The first kappa shape index (κ1) is 12.1. The number of aromatic nitrogens is 2. The summed E-state index contributed by atoms with van der Waals surface area (Å²) in [5.41, 5.74) is 1.20. The van der Waals surface area contributed by atoms with Gasteiger partial charge in [-0.1, -0.05) is 0 Å². The molecule has 1 atom stereocenters. The summed E-state index contributed by atoms with van der Waals surface area (Å²) in [6.07, 6.45) is 2.62. The average molecular weight is 287 g/mol. The number of imidazole rings is 1. The number of nitrogens with zero attached hydrogens (tertiary/aromatic N) is 2. The van der Waals surface area contributed by atoms with E-state index >= 15 is 0 Å². The molecule has 4 nitrogen and oxygen atoms in total. The number of likely N-dealkylation sites (N-methyl/N-ethyl adjacent to an activating group) is 1. The maximum absolute atomic E-state index is 4.39. The molecule has 90 valence electrons. The van der Waals surface area contributed by atoms with Gasteiger partial charge in [0.15, 0.2) is 0 Å². The lowest BCUT2D eigenvalue weighted by Gasteiger charge is -2.26. The van der Waals surface area contributed by atoms with Gasteiger partial charge >= 0.3 is 0 Å². The third-order valence-corrected chi connectivity index (χ3v) is 3.72. The van der Waals surface area contributed by atoms with Crippen LogP contribution in [-0.2, 0) is 0 Å². The summed E-state index contributed by atoms with van der Waals surface area (Å²) in [6, 6.07) is 0.406. The minimum absolute atomic E-state index is 0.406. The minimum Gasteiger partial charge on any atom is -0.344 e. The lowest BCUT2D eigenvalue weighted by Crippen LogP contribution is -2.33. The molecule has 5 heteroatoms. The van der Waals surface area contributed by atoms with Crippen LogP contribution < -0.4 is 5.32 Å². The molecule has 0 radical (unpaired) electrons. The predicted molar refractivity (Wildman–Crippen MR) is 68.5 cm³/mol. The van der Waals surface area contributed by atoms with Gasteiger partial charge in [0.1, 0.15) is 10.4 Å². The van der Waals surface area contributed by atoms with E-state index in [4.69, 9.17) is 0 Å². The maximum Gasteiger partial charge on any atom is 0.129 e. The fourth-order valence-electron chi connectivity index (χ4n) is 2.36. The molecule has 0 amide bonds. The second-order valence-corrected chi connectivity index (χ2v) is 5.09. The van der Waals surface area contributed by atoms with Gasteiger partial charge in [-0.25, -0.2) is 4.98 Å². The molecule has 1 aliphatic rings. The zero-order valence-corrected chi connectivity index (χ0v) is 11.5. The van der Waals surface area contributed by atoms with Crippen molar-refractivity contribution in [1.29, 1.82) is 0 Å². The third-order valence-electron chi connectivity index (χ3n) is 3.12. The first-order chi connectivity index (χ1) is 7.72. The van der Waals surface area contributed by atoms with Crippen LogP contribution in [0.3, 0.4) is 0 Å². The van der Waals surface area contributed by atoms with Crippen molar-refractivity contribution in [2.45, 2.75) is 25.8 Å². The minimum atomic E-state index is 0.406. The molecular formula is C11H19BrN4. The zero-order valence-electron chi connectivity index (χ0n) is 9.89. The van der Waals surface area contributed by atoms with Gasteiger partial charge in [-0.3, -0.25) is 4.90 Å². The van der Waals surface area contributed by atoms with Crippen LogP contribution in [0.4, 0.5) is 0 Å². The fraction of sp³-hybridized carbons (Fsp3) is 0.727. The van der Waals surface area contributed by atoms with E-state index in [-0.39, 0.29) is 0 Å². The van der Waals surface area contributed by atoms with Crippen molar-refractivity contribution in [2.75, 3.05) is 26.7 Å². The standard InChI is InChI=1S/C11H19BrN4/c1-8-14-10(11(12)15-8)9(7-13-2)16-5-3-4-6-16/h9,13H,3-7H2,1-2H3,(H,14,15). The van der Waals surface area contributed by atoms with Gasteiger partial charge in [-0.2, -0.15) is 0 Å². The van der Waals surface area contributed by atoms with Crippen molar-refractivity contribution in [3.05, 3.63) is 16.1 Å². The molecule has 1 aliphatic heterocycles. The van der Waals surface area contributed by atoms with Crippen molar-refractivity contribution < 1.29 is 0 Å². The largest absolute Gasteiger partial charge is 0.344 e. The summed E-state index contributed by atoms with van der Waals surface area (Å²) in [6.45, 7) is 5.34. The lowest BCUT2D eigenvalue weighted by molar-refractivity contribution is 0.237. The highest BCUT2D eigenvalue weighted by Crippen LogP contribution is 2.28. The van der Waals surface area contributed by atoms with Crippen molar-refractivity contribution in [2.24, 2.45) is 0 Å². The molecule has 16 heavy (non-hydrogen) atoms. The number of hydrogen-bond donors (Lipinski definition) is 2. The number of hydrogen-bond acceptors (Lipinski definition) is 3. The summed E-state index contributed by atoms with van der Waals surface area (Å²) in [5.74, 6) is 0.974. The SMILES string of the molecule is CNCC(c1[nH]c(C)nc1Br)N1CCCC1. The Bertz CT molecular complexity index is 344. The van der Waals surface area contributed by atoms with E-state index in [1.54, 1.807) is 0 Å². The molecule has 1 saturated heterocycles. The summed E-state index contributed by atoms with van der Waals surface area (Å²) in [4.78, 5) is 10.3. The number of aryl methyl sites for hydroxylation is 1. The molecule has 0 bridgehead atoms. The van der Waals surface area contributed by atoms with E-state index in [0.29, 0.717) is 6.04 Å². The summed E-state index contributed by atoms with van der Waals surface area (Å²) >= 11 is 3.54. The highest BCUT2D eigenvalue weighted by atomic mass is 79.9. The van der Waals surface area contributed by atoms with Crippen molar-refractivity contribution in [3.8, 4) is 0 Å². The number of halogens is 1. The second-order valence-electron chi connectivity index (χ2n) is 4.34. The van der Waals surface area contributed by atoms with Crippen LogP contribution in [-0.4, -0.2) is 41.5 Å². The zero-order chi connectivity index (χ0) is 11.5.